The molecule has 0 aliphatic carbocycles. The second-order valence-electron chi connectivity index (χ2n) is 3.85. The third kappa shape index (κ3) is 3.25. The van der Waals surface area contributed by atoms with E-state index in [1.54, 1.807) is 0 Å². The molecule has 2 atom stereocenters. The van der Waals surface area contributed by atoms with Gasteiger partial charge in [0.05, 0.1) is 0 Å². The van der Waals surface area contributed by atoms with Crippen molar-refractivity contribution in [3.63, 3.8) is 0 Å². The third-order valence-corrected chi connectivity index (χ3v) is 2.42. The van der Waals surface area contributed by atoms with Gasteiger partial charge in [-0.1, -0.05) is 13.0 Å². The van der Waals surface area contributed by atoms with Crippen LogP contribution in [0.2, 0.25) is 0 Å². The number of halogens is 2. The Bertz CT molecular complexity index is 328. The van der Waals surface area contributed by atoms with Crippen molar-refractivity contribution in [1.82, 2.24) is 0 Å². The summed E-state index contributed by atoms with van der Waals surface area (Å²) in [5.41, 5.74) is 11.6. The fourth-order valence-electron chi connectivity index (χ4n) is 1.46. The molecule has 0 amide bonds. The van der Waals surface area contributed by atoms with E-state index in [4.69, 9.17) is 11.5 Å². The van der Waals surface area contributed by atoms with E-state index in [0.29, 0.717) is 18.5 Å². The van der Waals surface area contributed by atoms with Gasteiger partial charge in [0.1, 0.15) is 11.6 Å². The Labute approximate surface area is 88.3 Å². The summed E-state index contributed by atoms with van der Waals surface area (Å²) in [5, 5.41) is 0. The van der Waals surface area contributed by atoms with Gasteiger partial charge in [-0.2, -0.15) is 0 Å². The van der Waals surface area contributed by atoms with Crippen LogP contribution >= 0.6 is 0 Å². The van der Waals surface area contributed by atoms with E-state index in [0.717, 1.165) is 6.07 Å². The molecule has 0 bridgehead atoms. The quantitative estimate of drug-likeness (QED) is 0.804. The predicted octanol–water partition coefficient (Wildman–Crippen LogP) is 1.95. The summed E-state index contributed by atoms with van der Waals surface area (Å²) in [6.07, 6.45) is 0.596. The Morgan fingerprint density at radius 1 is 1.33 bits per heavy atom. The summed E-state index contributed by atoms with van der Waals surface area (Å²) < 4.78 is 25.9. The van der Waals surface area contributed by atoms with Crippen molar-refractivity contribution in [2.75, 3.05) is 6.54 Å². The summed E-state index contributed by atoms with van der Waals surface area (Å²) in [6.45, 7) is 2.46. The number of rotatable bonds is 4. The highest BCUT2D eigenvalue weighted by atomic mass is 19.1. The maximum absolute atomic E-state index is 13.3. The molecule has 0 fully saturated rings. The van der Waals surface area contributed by atoms with E-state index in [9.17, 15) is 8.78 Å². The van der Waals surface area contributed by atoms with Gasteiger partial charge in [-0.05, 0) is 24.9 Å². The van der Waals surface area contributed by atoms with Crippen LogP contribution in [-0.4, -0.2) is 6.54 Å². The van der Waals surface area contributed by atoms with E-state index in [-0.39, 0.29) is 5.92 Å². The van der Waals surface area contributed by atoms with Gasteiger partial charge in [-0.25, -0.2) is 8.78 Å². The highest BCUT2D eigenvalue weighted by Crippen LogP contribution is 2.21. The van der Waals surface area contributed by atoms with Crippen LogP contribution in [0, 0.1) is 17.6 Å². The van der Waals surface area contributed by atoms with Gasteiger partial charge in [-0.15, -0.1) is 0 Å². The van der Waals surface area contributed by atoms with Gasteiger partial charge in [0.2, 0.25) is 0 Å². The van der Waals surface area contributed by atoms with Crippen LogP contribution in [0.4, 0.5) is 8.78 Å². The molecule has 2 unspecified atom stereocenters. The molecule has 0 aliphatic heterocycles. The van der Waals surface area contributed by atoms with Gasteiger partial charge < -0.3 is 11.5 Å². The van der Waals surface area contributed by atoms with Crippen molar-refractivity contribution in [2.24, 2.45) is 17.4 Å². The fraction of sp³-hybridized carbons (Fsp3) is 0.455. The molecular weight excluding hydrogens is 198 g/mol. The molecule has 0 saturated carbocycles. The predicted molar refractivity (Wildman–Crippen MR) is 56.1 cm³/mol. The van der Waals surface area contributed by atoms with E-state index >= 15 is 0 Å². The van der Waals surface area contributed by atoms with Crippen molar-refractivity contribution < 1.29 is 8.78 Å². The Morgan fingerprint density at radius 2 is 2.00 bits per heavy atom. The first-order chi connectivity index (χ1) is 7.04. The van der Waals surface area contributed by atoms with E-state index in [1.807, 2.05) is 6.92 Å². The Balaban J connectivity index is 2.77. The summed E-state index contributed by atoms with van der Waals surface area (Å²) in [7, 11) is 0. The lowest BCUT2D eigenvalue weighted by molar-refractivity contribution is 0.465. The lowest BCUT2D eigenvalue weighted by Gasteiger charge is -2.16. The molecule has 0 aliphatic rings. The van der Waals surface area contributed by atoms with E-state index in [2.05, 4.69) is 0 Å². The smallest absolute Gasteiger partial charge is 0.130 e. The van der Waals surface area contributed by atoms with Gasteiger partial charge in [0, 0.05) is 17.7 Å². The molecule has 0 radical (unpaired) electrons. The molecule has 1 aromatic rings. The molecular formula is C11H16F2N2. The zero-order chi connectivity index (χ0) is 11.4. The number of hydrogen-bond donors (Lipinski definition) is 2. The van der Waals surface area contributed by atoms with Crippen molar-refractivity contribution in [3.8, 4) is 0 Å². The Kier molecular flexibility index (Phi) is 4.17. The Hall–Kier alpha value is -1.00. The lowest BCUT2D eigenvalue weighted by Crippen LogP contribution is -2.20. The van der Waals surface area contributed by atoms with Crippen LogP contribution in [0.1, 0.15) is 24.9 Å². The number of nitrogens with two attached hydrogens (primary N) is 2. The van der Waals surface area contributed by atoms with Crippen LogP contribution in [-0.2, 0) is 0 Å². The highest BCUT2D eigenvalue weighted by molar-refractivity contribution is 5.21. The molecule has 4 heteroatoms. The maximum Gasteiger partial charge on any atom is 0.130 e. The van der Waals surface area contributed by atoms with Gasteiger partial charge in [0.25, 0.3) is 0 Å². The van der Waals surface area contributed by atoms with Crippen LogP contribution in [0.25, 0.3) is 0 Å². The average Bonchev–Trinajstić information content (AvgIpc) is 2.17. The van der Waals surface area contributed by atoms with Crippen LogP contribution in [0.5, 0.6) is 0 Å². The van der Waals surface area contributed by atoms with E-state index in [1.165, 1.54) is 12.1 Å². The lowest BCUT2D eigenvalue weighted by atomic mass is 9.96. The highest BCUT2D eigenvalue weighted by Gasteiger charge is 2.14. The first-order valence-electron chi connectivity index (χ1n) is 4.95. The fourth-order valence-corrected chi connectivity index (χ4v) is 1.46. The van der Waals surface area contributed by atoms with Crippen LogP contribution in [0.3, 0.4) is 0 Å². The molecule has 2 nitrogen and oxygen atoms in total. The molecule has 0 spiro atoms. The van der Waals surface area contributed by atoms with Crippen molar-refractivity contribution >= 4 is 0 Å². The standard InChI is InChI=1S/C11H16F2N2/c1-7(6-14)4-11(15)9-3-2-8(12)5-10(9)13/h2-3,5,7,11H,4,6,14-15H2,1H3. The zero-order valence-electron chi connectivity index (χ0n) is 8.71. The largest absolute Gasteiger partial charge is 0.330 e. The molecule has 1 aromatic carbocycles. The summed E-state index contributed by atoms with van der Waals surface area (Å²) >= 11 is 0. The molecule has 0 aromatic heterocycles. The van der Waals surface area contributed by atoms with Crippen molar-refractivity contribution in [2.45, 2.75) is 19.4 Å². The van der Waals surface area contributed by atoms with Crippen LogP contribution < -0.4 is 11.5 Å². The normalized spacial score (nSPS) is 15.0. The minimum Gasteiger partial charge on any atom is -0.330 e. The summed E-state index contributed by atoms with van der Waals surface area (Å²) in [4.78, 5) is 0. The topological polar surface area (TPSA) is 52.0 Å². The van der Waals surface area contributed by atoms with Gasteiger partial charge in [-0.3, -0.25) is 0 Å². The summed E-state index contributed by atoms with van der Waals surface area (Å²) in [6, 6.07) is 3.02. The van der Waals surface area contributed by atoms with Crippen molar-refractivity contribution in [3.05, 3.63) is 35.4 Å². The monoisotopic (exact) mass is 214 g/mol. The van der Waals surface area contributed by atoms with Crippen LogP contribution in [0.15, 0.2) is 18.2 Å². The zero-order valence-corrected chi connectivity index (χ0v) is 8.71. The molecule has 84 valence electrons. The third-order valence-electron chi connectivity index (χ3n) is 2.42. The Morgan fingerprint density at radius 3 is 2.53 bits per heavy atom. The van der Waals surface area contributed by atoms with Crippen molar-refractivity contribution in [1.29, 1.82) is 0 Å². The average molecular weight is 214 g/mol. The molecule has 0 heterocycles. The summed E-state index contributed by atoms with van der Waals surface area (Å²) in [5.74, 6) is -0.952. The molecule has 15 heavy (non-hydrogen) atoms. The number of hydrogen-bond acceptors (Lipinski definition) is 2. The minimum absolute atomic E-state index is 0.226. The first-order valence-corrected chi connectivity index (χ1v) is 4.95. The van der Waals surface area contributed by atoms with Gasteiger partial charge >= 0.3 is 0 Å². The molecule has 1 rings (SSSR count). The van der Waals surface area contributed by atoms with Gasteiger partial charge in [0.15, 0.2) is 0 Å². The first kappa shape index (κ1) is 12.1. The molecule has 4 N–H and O–H groups in total. The second-order valence-corrected chi connectivity index (χ2v) is 3.85. The maximum atomic E-state index is 13.3. The SMILES string of the molecule is CC(CN)CC(N)c1ccc(F)cc1F. The minimum atomic E-state index is -0.591. The second kappa shape index (κ2) is 5.19. The number of benzene rings is 1. The van der Waals surface area contributed by atoms with E-state index < -0.39 is 17.7 Å². The molecule has 0 saturated heterocycles.